The van der Waals surface area contributed by atoms with Crippen molar-refractivity contribution in [2.24, 2.45) is 0 Å². The molecule has 5 aromatic rings. The molecule has 0 amide bonds. The second kappa shape index (κ2) is 7.27. The van der Waals surface area contributed by atoms with Gasteiger partial charge in [0.15, 0.2) is 17.1 Å². The first kappa shape index (κ1) is 18.9. The Balaban J connectivity index is 1.67. The summed E-state index contributed by atoms with van der Waals surface area (Å²) in [5.74, 6) is -0.0631. The van der Waals surface area contributed by atoms with Gasteiger partial charge in [0.1, 0.15) is 34.8 Å². The minimum absolute atomic E-state index is 0.249. The zero-order valence-electron chi connectivity index (χ0n) is 16.5. The zero-order chi connectivity index (χ0) is 21.5. The SMILES string of the molecule is COc1ccc2nc([C@H](C)Nc3ncnc4nc[nH]c34)n(-c3cc(F)cc(F)c3)c2n1. The van der Waals surface area contributed by atoms with Crippen LogP contribution in [0.5, 0.6) is 5.88 Å². The molecule has 0 saturated carbocycles. The molecule has 1 atom stereocenters. The fraction of sp³-hybridized carbons (Fsp3) is 0.150. The van der Waals surface area contributed by atoms with Gasteiger partial charge in [0.05, 0.1) is 25.2 Å². The molecule has 4 heterocycles. The monoisotopic (exact) mass is 422 g/mol. The molecule has 0 spiro atoms. The van der Waals surface area contributed by atoms with Gasteiger partial charge in [0.2, 0.25) is 5.88 Å². The molecular weight excluding hydrogens is 406 g/mol. The topological polar surface area (TPSA) is 106 Å². The predicted octanol–water partition coefficient (Wildman–Crippen LogP) is 3.55. The van der Waals surface area contributed by atoms with Gasteiger partial charge in [-0.2, -0.15) is 4.98 Å². The Bertz CT molecular complexity index is 1390. The average molecular weight is 422 g/mol. The minimum Gasteiger partial charge on any atom is -0.481 e. The number of benzene rings is 1. The lowest BCUT2D eigenvalue weighted by Gasteiger charge is -2.17. The van der Waals surface area contributed by atoms with Gasteiger partial charge in [-0.1, -0.05) is 0 Å². The van der Waals surface area contributed by atoms with Gasteiger partial charge in [-0.05, 0) is 25.1 Å². The number of rotatable bonds is 5. The van der Waals surface area contributed by atoms with E-state index >= 15 is 0 Å². The quantitative estimate of drug-likeness (QED) is 0.446. The first-order chi connectivity index (χ1) is 15.0. The van der Waals surface area contributed by atoms with E-state index in [4.69, 9.17) is 4.74 Å². The first-order valence-electron chi connectivity index (χ1n) is 9.34. The Labute approximate surface area is 174 Å². The van der Waals surface area contributed by atoms with Crippen LogP contribution in [0.4, 0.5) is 14.6 Å². The molecule has 0 fully saturated rings. The van der Waals surface area contributed by atoms with Crippen molar-refractivity contribution in [3.63, 3.8) is 0 Å². The molecule has 2 N–H and O–H groups in total. The highest BCUT2D eigenvalue weighted by Gasteiger charge is 2.22. The standard InChI is InChI=1S/C20H16F2N8O/c1-10(27-18-16-17(24-8-23-16)25-9-26-18)19-28-14-3-4-15(31-2)29-20(14)30(19)13-6-11(21)5-12(22)7-13/h3-10H,1-2H3,(H2,23,24,25,26,27)/t10-/m0/s1. The number of hydrogen-bond acceptors (Lipinski definition) is 7. The Morgan fingerprint density at radius 3 is 2.65 bits per heavy atom. The first-order valence-corrected chi connectivity index (χ1v) is 9.34. The van der Waals surface area contributed by atoms with Gasteiger partial charge >= 0.3 is 0 Å². The molecular formula is C20H16F2N8O. The van der Waals surface area contributed by atoms with Crippen LogP contribution in [0.1, 0.15) is 18.8 Å². The second-order valence-corrected chi connectivity index (χ2v) is 6.82. The summed E-state index contributed by atoms with van der Waals surface area (Å²) in [7, 11) is 1.49. The van der Waals surface area contributed by atoms with E-state index in [0.717, 1.165) is 6.07 Å². The Hall–Kier alpha value is -4.15. The molecule has 9 nitrogen and oxygen atoms in total. The van der Waals surface area contributed by atoms with Crippen molar-refractivity contribution in [3.8, 4) is 11.6 Å². The molecule has 31 heavy (non-hydrogen) atoms. The van der Waals surface area contributed by atoms with Crippen LogP contribution in [0.15, 0.2) is 43.0 Å². The lowest BCUT2D eigenvalue weighted by Crippen LogP contribution is -2.14. The van der Waals surface area contributed by atoms with Crippen LogP contribution in [-0.2, 0) is 0 Å². The molecule has 0 radical (unpaired) electrons. The third-order valence-corrected chi connectivity index (χ3v) is 4.78. The molecule has 4 aromatic heterocycles. The fourth-order valence-electron chi connectivity index (χ4n) is 3.43. The van der Waals surface area contributed by atoms with Crippen molar-refractivity contribution in [2.75, 3.05) is 12.4 Å². The van der Waals surface area contributed by atoms with Crippen molar-refractivity contribution in [3.05, 3.63) is 60.4 Å². The van der Waals surface area contributed by atoms with E-state index in [1.165, 1.54) is 31.9 Å². The maximum absolute atomic E-state index is 14.0. The maximum atomic E-state index is 14.0. The van der Waals surface area contributed by atoms with Crippen LogP contribution >= 0.6 is 0 Å². The van der Waals surface area contributed by atoms with Crippen molar-refractivity contribution in [1.82, 2.24) is 34.5 Å². The van der Waals surface area contributed by atoms with Gasteiger partial charge in [0, 0.05) is 12.1 Å². The van der Waals surface area contributed by atoms with Gasteiger partial charge in [-0.15, -0.1) is 0 Å². The number of aromatic amines is 1. The molecule has 0 unspecified atom stereocenters. The maximum Gasteiger partial charge on any atom is 0.215 e. The highest BCUT2D eigenvalue weighted by atomic mass is 19.1. The zero-order valence-corrected chi connectivity index (χ0v) is 16.5. The molecule has 0 aliphatic heterocycles. The normalized spacial score (nSPS) is 12.4. The third kappa shape index (κ3) is 3.29. The molecule has 0 aliphatic carbocycles. The summed E-state index contributed by atoms with van der Waals surface area (Å²) in [6.07, 6.45) is 2.92. The number of fused-ring (bicyclic) bond motifs is 2. The molecule has 0 saturated heterocycles. The highest BCUT2D eigenvalue weighted by molar-refractivity contribution is 5.82. The molecule has 5 rings (SSSR count). The number of imidazole rings is 2. The number of nitrogens with zero attached hydrogens (tertiary/aromatic N) is 6. The van der Waals surface area contributed by atoms with Gasteiger partial charge < -0.3 is 15.0 Å². The van der Waals surface area contributed by atoms with Crippen molar-refractivity contribution >= 4 is 28.1 Å². The molecule has 1 aromatic carbocycles. The summed E-state index contributed by atoms with van der Waals surface area (Å²) in [6, 6.07) is 6.24. The molecule has 0 aliphatic rings. The van der Waals surface area contributed by atoms with E-state index in [1.54, 1.807) is 16.7 Å². The number of pyridine rings is 1. The van der Waals surface area contributed by atoms with Crippen LogP contribution in [0, 0.1) is 11.6 Å². The van der Waals surface area contributed by atoms with E-state index in [1.807, 2.05) is 6.92 Å². The second-order valence-electron chi connectivity index (χ2n) is 6.82. The number of hydrogen-bond donors (Lipinski definition) is 2. The van der Waals surface area contributed by atoms with Crippen LogP contribution in [0.3, 0.4) is 0 Å². The van der Waals surface area contributed by atoms with E-state index in [0.29, 0.717) is 39.9 Å². The van der Waals surface area contributed by atoms with E-state index < -0.39 is 17.7 Å². The Morgan fingerprint density at radius 2 is 1.87 bits per heavy atom. The largest absolute Gasteiger partial charge is 0.481 e. The minimum atomic E-state index is -0.707. The Morgan fingerprint density at radius 1 is 1.06 bits per heavy atom. The summed E-state index contributed by atoms with van der Waals surface area (Å²) in [5.41, 5.74) is 2.34. The van der Waals surface area contributed by atoms with E-state index in [-0.39, 0.29) is 5.69 Å². The number of nitrogens with one attached hydrogen (secondary N) is 2. The smallest absolute Gasteiger partial charge is 0.215 e. The predicted molar refractivity (Wildman–Crippen MR) is 109 cm³/mol. The number of anilines is 1. The van der Waals surface area contributed by atoms with Crippen LogP contribution in [-0.4, -0.2) is 41.6 Å². The van der Waals surface area contributed by atoms with Crippen LogP contribution in [0.25, 0.3) is 28.0 Å². The summed E-state index contributed by atoms with van der Waals surface area (Å²) in [4.78, 5) is 24.6. The molecule has 156 valence electrons. The summed E-state index contributed by atoms with van der Waals surface area (Å²) < 4.78 is 34.9. The summed E-state index contributed by atoms with van der Waals surface area (Å²) in [6.45, 7) is 1.86. The van der Waals surface area contributed by atoms with Crippen LogP contribution in [0.2, 0.25) is 0 Å². The van der Waals surface area contributed by atoms with Gasteiger partial charge in [-0.3, -0.25) is 4.57 Å². The molecule has 11 heteroatoms. The number of ether oxygens (including phenoxy) is 1. The van der Waals surface area contributed by atoms with E-state index in [2.05, 4.69) is 35.2 Å². The van der Waals surface area contributed by atoms with Gasteiger partial charge in [-0.25, -0.2) is 28.7 Å². The number of methoxy groups -OCH3 is 1. The number of halogens is 2. The summed E-state index contributed by atoms with van der Waals surface area (Å²) >= 11 is 0. The highest BCUT2D eigenvalue weighted by Crippen LogP contribution is 2.29. The van der Waals surface area contributed by atoms with Gasteiger partial charge in [0.25, 0.3) is 0 Å². The van der Waals surface area contributed by atoms with Crippen molar-refractivity contribution in [1.29, 1.82) is 0 Å². The average Bonchev–Trinajstić information content (AvgIpc) is 3.37. The number of H-pyrrole nitrogens is 1. The van der Waals surface area contributed by atoms with Crippen molar-refractivity contribution < 1.29 is 13.5 Å². The Kier molecular flexibility index (Phi) is 4.42. The van der Waals surface area contributed by atoms with Crippen LogP contribution < -0.4 is 10.1 Å². The lowest BCUT2D eigenvalue weighted by atomic mass is 10.2. The lowest BCUT2D eigenvalue weighted by molar-refractivity contribution is 0.399. The third-order valence-electron chi connectivity index (χ3n) is 4.78. The fourth-order valence-corrected chi connectivity index (χ4v) is 3.43. The van der Waals surface area contributed by atoms with Crippen molar-refractivity contribution in [2.45, 2.75) is 13.0 Å². The summed E-state index contributed by atoms with van der Waals surface area (Å²) in [5, 5.41) is 3.26. The molecule has 0 bridgehead atoms. The van der Waals surface area contributed by atoms with E-state index in [9.17, 15) is 8.78 Å². The number of aromatic nitrogens is 7.